The van der Waals surface area contributed by atoms with E-state index in [2.05, 4.69) is 22.0 Å². The average Bonchev–Trinajstić information content (AvgIpc) is 3.23. The Morgan fingerprint density at radius 2 is 1.79 bits per heavy atom. The Bertz CT molecular complexity index is 1390. The molecule has 2 aliphatic rings. The van der Waals surface area contributed by atoms with Gasteiger partial charge in [-0.05, 0) is 86.3 Å². The number of fused-ring (bicyclic) bond motifs is 3. The van der Waals surface area contributed by atoms with Crippen molar-refractivity contribution in [3.63, 3.8) is 0 Å². The van der Waals surface area contributed by atoms with E-state index >= 15 is 0 Å². The van der Waals surface area contributed by atoms with Crippen LogP contribution < -0.4 is 35.6 Å². The zero-order chi connectivity index (χ0) is 30.1. The van der Waals surface area contributed by atoms with Gasteiger partial charge in [0.25, 0.3) is 0 Å². The lowest BCUT2D eigenvalue weighted by atomic mass is 9.95. The molecule has 0 bridgehead atoms. The fourth-order valence-electron chi connectivity index (χ4n) is 5.91. The van der Waals surface area contributed by atoms with Gasteiger partial charge in [0.05, 0.1) is 33.1 Å². The van der Waals surface area contributed by atoms with Crippen LogP contribution in [0.5, 0.6) is 17.2 Å². The molecule has 1 atom stereocenters. The Morgan fingerprint density at radius 1 is 0.976 bits per heavy atom. The van der Waals surface area contributed by atoms with E-state index in [0.717, 1.165) is 36.0 Å². The molecule has 0 saturated heterocycles. The van der Waals surface area contributed by atoms with E-state index in [1.165, 1.54) is 25.3 Å². The molecule has 2 aromatic rings. The molecule has 226 valence electrons. The first-order valence-electron chi connectivity index (χ1n) is 14.8. The number of ether oxygens (including phenoxy) is 3. The van der Waals surface area contributed by atoms with Gasteiger partial charge in [-0.25, -0.2) is 0 Å². The second-order valence-electron chi connectivity index (χ2n) is 10.8. The summed E-state index contributed by atoms with van der Waals surface area (Å²) in [5, 5.41) is 9.25. The summed E-state index contributed by atoms with van der Waals surface area (Å²) in [6, 6.07) is 6.80. The number of methoxy groups -OCH3 is 3. The third-order valence-electron chi connectivity index (χ3n) is 7.97. The van der Waals surface area contributed by atoms with E-state index in [-0.39, 0.29) is 23.3 Å². The maximum atomic E-state index is 13.4. The lowest BCUT2D eigenvalue weighted by molar-refractivity contribution is -0.121. The van der Waals surface area contributed by atoms with Crippen molar-refractivity contribution in [1.29, 1.82) is 0 Å². The summed E-state index contributed by atoms with van der Waals surface area (Å²) in [4.78, 5) is 37.9. The molecule has 0 unspecified atom stereocenters. The Hall–Kier alpha value is -4.01. The van der Waals surface area contributed by atoms with Gasteiger partial charge >= 0.3 is 0 Å². The van der Waals surface area contributed by atoms with Crippen LogP contribution >= 0.6 is 0 Å². The summed E-state index contributed by atoms with van der Waals surface area (Å²) in [7, 11) is 4.71. The van der Waals surface area contributed by atoms with E-state index in [4.69, 9.17) is 14.2 Å². The molecule has 0 aromatic heterocycles. The number of carbonyl (C=O) groups is 2. The molecule has 0 fully saturated rings. The monoisotopic (exact) mass is 577 g/mol. The molecule has 0 spiro atoms. The van der Waals surface area contributed by atoms with Gasteiger partial charge in [0.1, 0.15) is 0 Å². The third kappa shape index (κ3) is 7.43. The molecule has 0 saturated carbocycles. The van der Waals surface area contributed by atoms with Gasteiger partial charge in [0.15, 0.2) is 11.5 Å². The molecule has 0 aliphatic heterocycles. The largest absolute Gasteiger partial charge is 0.493 e. The van der Waals surface area contributed by atoms with Crippen LogP contribution in [0.3, 0.4) is 0 Å². The zero-order valence-corrected chi connectivity index (χ0v) is 25.2. The molecule has 2 amide bonds. The summed E-state index contributed by atoms with van der Waals surface area (Å²) in [6.07, 6.45) is 10.2. The van der Waals surface area contributed by atoms with E-state index in [9.17, 15) is 14.4 Å². The average molecular weight is 578 g/mol. The smallest absolute Gasteiger partial charge is 0.220 e. The van der Waals surface area contributed by atoms with Crippen LogP contribution in [0.4, 0.5) is 5.69 Å². The minimum atomic E-state index is -0.368. The number of hydrogen-bond acceptors (Lipinski definition) is 7. The highest BCUT2D eigenvalue weighted by molar-refractivity contribution is 5.83. The molecule has 2 aliphatic carbocycles. The predicted molar refractivity (Wildman–Crippen MR) is 165 cm³/mol. The summed E-state index contributed by atoms with van der Waals surface area (Å²) in [5.74, 6) is 1.37. The van der Waals surface area contributed by atoms with Gasteiger partial charge in [-0.15, -0.1) is 0 Å². The molecule has 4 rings (SSSR count). The Morgan fingerprint density at radius 3 is 2.48 bits per heavy atom. The van der Waals surface area contributed by atoms with Crippen LogP contribution in [0, 0.1) is 0 Å². The number of nitrogens with one attached hydrogen (secondary N) is 3. The lowest BCUT2D eigenvalue weighted by Gasteiger charge is -2.19. The number of anilines is 1. The molecular weight excluding hydrogens is 534 g/mol. The molecule has 0 radical (unpaired) electrons. The van der Waals surface area contributed by atoms with Crippen molar-refractivity contribution < 1.29 is 23.8 Å². The highest BCUT2D eigenvalue weighted by Crippen LogP contribution is 2.50. The first-order chi connectivity index (χ1) is 20.4. The number of rotatable bonds is 12. The number of amides is 2. The van der Waals surface area contributed by atoms with Crippen LogP contribution in [0.15, 0.2) is 40.7 Å². The number of benzene rings is 1. The van der Waals surface area contributed by atoms with Gasteiger partial charge in [0.2, 0.25) is 23.0 Å². The van der Waals surface area contributed by atoms with E-state index in [1.807, 2.05) is 12.1 Å². The van der Waals surface area contributed by atoms with E-state index < -0.39 is 0 Å². The summed E-state index contributed by atoms with van der Waals surface area (Å²) < 4.78 is 17.1. The lowest BCUT2D eigenvalue weighted by Crippen LogP contribution is -2.26. The molecular formula is C33H43N3O6. The normalized spacial score (nSPS) is 15.7. The van der Waals surface area contributed by atoms with Crippen molar-refractivity contribution in [3.05, 3.63) is 57.3 Å². The van der Waals surface area contributed by atoms with Gasteiger partial charge in [-0.3, -0.25) is 14.4 Å². The van der Waals surface area contributed by atoms with Gasteiger partial charge in [0, 0.05) is 32.0 Å². The summed E-state index contributed by atoms with van der Waals surface area (Å²) >= 11 is 0. The summed E-state index contributed by atoms with van der Waals surface area (Å²) in [5.41, 5.74) is 4.93. The number of hydrogen-bond donors (Lipinski definition) is 3. The van der Waals surface area contributed by atoms with Crippen molar-refractivity contribution in [1.82, 2.24) is 10.6 Å². The number of allylic oxidation sites excluding steroid dienone is 1. The number of carbonyl (C=O) groups excluding carboxylic acids is 2. The van der Waals surface area contributed by atoms with E-state index in [0.29, 0.717) is 67.3 Å². The molecule has 9 nitrogen and oxygen atoms in total. The molecule has 0 heterocycles. The third-order valence-corrected chi connectivity index (χ3v) is 7.97. The van der Waals surface area contributed by atoms with E-state index in [1.54, 1.807) is 33.5 Å². The standard InChI is InChI=1S/C33H43N3O6/c1-21(37)36-26-14-12-23-19-29(40-2)32(41-3)33(42-4)31(23)24-13-15-27(28(38)20-25(24)26)34-17-8-11-30(39)35-18-16-22-9-6-5-7-10-22/h9,13,15,19-20,26H,5-8,10-12,14,16-18H2,1-4H3,(H,34,38)(H,35,39)(H,36,37)/t26-/m0/s1. The number of aryl methyl sites for hydroxylation is 1. The van der Waals surface area contributed by atoms with Crippen LogP contribution in [-0.2, 0) is 16.0 Å². The maximum Gasteiger partial charge on any atom is 0.220 e. The first-order valence-corrected chi connectivity index (χ1v) is 14.8. The Labute approximate surface area is 248 Å². The van der Waals surface area contributed by atoms with Crippen LogP contribution in [0.1, 0.15) is 75.5 Å². The van der Waals surface area contributed by atoms with Crippen molar-refractivity contribution in [2.75, 3.05) is 39.7 Å². The minimum Gasteiger partial charge on any atom is -0.493 e. The van der Waals surface area contributed by atoms with Crippen LogP contribution in [-0.4, -0.2) is 46.2 Å². The molecule has 3 N–H and O–H groups in total. The molecule has 42 heavy (non-hydrogen) atoms. The van der Waals surface area contributed by atoms with Crippen LogP contribution in [0.2, 0.25) is 0 Å². The highest BCUT2D eigenvalue weighted by Gasteiger charge is 2.29. The second kappa shape index (κ2) is 14.8. The first kappa shape index (κ1) is 30.9. The molecule has 9 heteroatoms. The Balaban J connectivity index is 1.54. The van der Waals surface area contributed by atoms with Gasteiger partial charge in [-0.2, -0.15) is 0 Å². The fraction of sp³-hybridized carbons (Fsp3) is 0.485. The van der Waals surface area contributed by atoms with Crippen molar-refractivity contribution in [3.8, 4) is 28.4 Å². The van der Waals surface area contributed by atoms with Crippen molar-refractivity contribution in [2.45, 2.75) is 70.8 Å². The highest BCUT2D eigenvalue weighted by atomic mass is 16.5. The quantitative estimate of drug-likeness (QED) is 0.239. The minimum absolute atomic E-state index is 0.0205. The zero-order valence-electron chi connectivity index (χ0n) is 25.2. The van der Waals surface area contributed by atoms with Crippen molar-refractivity contribution in [2.24, 2.45) is 0 Å². The van der Waals surface area contributed by atoms with Crippen molar-refractivity contribution >= 4 is 17.5 Å². The second-order valence-corrected chi connectivity index (χ2v) is 10.8. The van der Waals surface area contributed by atoms with Gasteiger partial charge < -0.3 is 30.2 Å². The van der Waals surface area contributed by atoms with Crippen LogP contribution in [0.25, 0.3) is 11.1 Å². The fourth-order valence-corrected chi connectivity index (χ4v) is 5.91. The van der Waals surface area contributed by atoms with Gasteiger partial charge in [-0.1, -0.05) is 17.7 Å². The Kier molecular flexibility index (Phi) is 10.9. The topological polar surface area (TPSA) is 115 Å². The SMILES string of the molecule is COc1cc2c(c(OC)c1OC)-c1ccc(NCCCC(=O)NCCC3=CCCCC3)c(=O)cc1[C@@H](NC(C)=O)CC2. The predicted octanol–water partition coefficient (Wildman–Crippen LogP) is 5.06. The maximum absolute atomic E-state index is 13.4. The molecule has 2 aromatic carbocycles. The summed E-state index contributed by atoms with van der Waals surface area (Å²) in [6.45, 7) is 2.62.